The Hall–Kier alpha value is -1.23. The fraction of sp³-hybridized carbons (Fsp3) is 0.385. The Bertz CT molecular complexity index is 504. The number of likely N-dealkylation sites (tertiary alicyclic amines) is 1. The zero-order chi connectivity index (χ0) is 13.3. The molecule has 5 heteroatoms. The van der Waals surface area contributed by atoms with Gasteiger partial charge < -0.3 is 4.90 Å². The lowest BCUT2D eigenvalue weighted by Crippen LogP contribution is -2.43. The van der Waals surface area contributed by atoms with Crippen LogP contribution in [0.25, 0.3) is 0 Å². The van der Waals surface area contributed by atoms with E-state index in [1.54, 1.807) is 19.1 Å². The SMILES string of the molecule is CC1CN(C(=O)c2cccc(Br)c2F)CCC1=O. The van der Waals surface area contributed by atoms with Crippen LogP contribution in [0.15, 0.2) is 22.7 Å². The molecule has 0 spiro atoms. The fourth-order valence-corrected chi connectivity index (χ4v) is 2.41. The molecule has 1 amide bonds. The second-order valence-corrected chi connectivity index (χ2v) is 5.32. The average molecular weight is 314 g/mol. The first-order chi connectivity index (χ1) is 8.50. The number of carbonyl (C=O) groups excluding carboxylic acids is 2. The quantitative estimate of drug-likeness (QED) is 0.799. The van der Waals surface area contributed by atoms with Crippen molar-refractivity contribution in [2.24, 2.45) is 5.92 Å². The summed E-state index contributed by atoms with van der Waals surface area (Å²) in [5, 5.41) is 0. The number of ketones is 1. The number of hydrogen-bond acceptors (Lipinski definition) is 2. The van der Waals surface area contributed by atoms with E-state index in [0.29, 0.717) is 19.5 Å². The molecular weight excluding hydrogens is 301 g/mol. The van der Waals surface area contributed by atoms with E-state index in [2.05, 4.69) is 15.9 Å². The number of halogens is 2. The van der Waals surface area contributed by atoms with Gasteiger partial charge in [0.05, 0.1) is 10.0 Å². The number of amides is 1. The summed E-state index contributed by atoms with van der Waals surface area (Å²) in [5.74, 6) is -0.910. The van der Waals surface area contributed by atoms with Crippen LogP contribution in [0, 0.1) is 11.7 Å². The van der Waals surface area contributed by atoms with E-state index in [1.807, 2.05) is 0 Å². The van der Waals surface area contributed by atoms with Gasteiger partial charge in [0.15, 0.2) is 0 Å². The second kappa shape index (κ2) is 5.18. The zero-order valence-corrected chi connectivity index (χ0v) is 11.5. The molecule has 0 N–H and O–H groups in total. The monoisotopic (exact) mass is 313 g/mol. The normalized spacial score (nSPS) is 20.1. The van der Waals surface area contributed by atoms with Crippen molar-refractivity contribution >= 4 is 27.6 Å². The molecule has 1 unspecified atom stereocenters. The van der Waals surface area contributed by atoms with Crippen molar-refractivity contribution in [2.75, 3.05) is 13.1 Å². The summed E-state index contributed by atoms with van der Waals surface area (Å²) < 4.78 is 14.1. The molecule has 1 aromatic carbocycles. The van der Waals surface area contributed by atoms with E-state index in [9.17, 15) is 14.0 Å². The van der Waals surface area contributed by atoms with E-state index < -0.39 is 5.82 Å². The summed E-state index contributed by atoms with van der Waals surface area (Å²) in [4.78, 5) is 25.1. The first kappa shape index (κ1) is 13.2. The van der Waals surface area contributed by atoms with Gasteiger partial charge in [0.1, 0.15) is 11.6 Å². The van der Waals surface area contributed by atoms with Gasteiger partial charge in [-0.2, -0.15) is 0 Å². The molecule has 3 nitrogen and oxygen atoms in total. The predicted octanol–water partition coefficient (Wildman–Crippen LogP) is 2.64. The minimum Gasteiger partial charge on any atom is -0.337 e. The summed E-state index contributed by atoms with van der Waals surface area (Å²) in [5.41, 5.74) is 0.0472. The van der Waals surface area contributed by atoms with Gasteiger partial charge in [-0.1, -0.05) is 13.0 Å². The van der Waals surface area contributed by atoms with Gasteiger partial charge >= 0.3 is 0 Å². The summed E-state index contributed by atoms with van der Waals surface area (Å²) in [6.07, 6.45) is 0.350. The third kappa shape index (κ3) is 2.46. The van der Waals surface area contributed by atoms with Crippen molar-refractivity contribution in [3.63, 3.8) is 0 Å². The Morgan fingerprint density at radius 1 is 1.50 bits per heavy atom. The maximum absolute atomic E-state index is 13.8. The molecule has 1 atom stereocenters. The Morgan fingerprint density at radius 3 is 2.89 bits per heavy atom. The van der Waals surface area contributed by atoms with Crippen molar-refractivity contribution in [1.82, 2.24) is 4.90 Å². The molecule has 0 radical (unpaired) electrons. The Morgan fingerprint density at radius 2 is 2.22 bits per heavy atom. The molecule has 1 fully saturated rings. The molecule has 0 aromatic heterocycles. The van der Waals surface area contributed by atoms with E-state index in [1.165, 1.54) is 11.0 Å². The van der Waals surface area contributed by atoms with Crippen LogP contribution in [0.2, 0.25) is 0 Å². The predicted molar refractivity (Wildman–Crippen MR) is 68.8 cm³/mol. The highest BCUT2D eigenvalue weighted by atomic mass is 79.9. The third-order valence-corrected chi connectivity index (χ3v) is 3.75. The van der Waals surface area contributed by atoms with Gasteiger partial charge in [-0.3, -0.25) is 9.59 Å². The number of hydrogen-bond donors (Lipinski definition) is 0. The Balaban J connectivity index is 2.22. The molecule has 1 heterocycles. The number of Topliss-reactive ketones (excluding diaryl/α,β-unsaturated/α-hetero) is 1. The number of nitrogens with zero attached hydrogens (tertiary/aromatic N) is 1. The lowest BCUT2D eigenvalue weighted by Gasteiger charge is -2.30. The highest BCUT2D eigenvalue weighted by Gasteiger charge is 2.28. The van der Waals surface area contributed by atoms with Crippen LogP contribution in [-0.4, -0.2) is 29.7 Å². The van der Waals surface area contributed by atoms with E-state index in [4.69, 9.17) is 0 Å². The Labute approximate surface area is 113 Å². The van der Waals surface area contributed by atoms with Crippen LogP contribution in [0.4, 0.5) is 4.39 Å². The number of rotatable bonds is 1. The smallest absolute Gasteiger partial charge is 0.256 e. The van der Waals surface area contributed by atoms with Crippen molar-refractivity contribution in [3.8, 4) is 0 Å². The number of carbonyl (C=O) groups is 2. The van der Waals surface area contributed by atoms with Gasteiger partial charge in [-0.05, 0) is 28.1 Å². The summed E-state index contributed by atoms with van der Waals surface area (Å²) in [6.45, 7) is 2.52. The van der Waals surface area contributed by atoms with Crippen LogP contribution in [0.1, 0.15) is 23.7 Å². The number of piperidine rings is 1. The van der Waals surface area contributed by atoms with Gasteiger partial charge in [0, 0.05) is 25.4 Å². The minimum absolute atomic E-state index is 0.0472. The molecule has 0 bridgehead atoms. The second-order valence-electron chi connectivity index (χ2n) is 4.47. The summed E-state index contributed by atoms with van der Waals surface area (Å²) >= 11 is 3.06. The Kier molecular flexibility index (Phi) is 3.80. The maximum Gasteiger partial charge on any atom is 0.256 e. The molecule has 18 heavy (non-hydrogen) atoms. The molecule has 1 saturated heterocycles. The standard InChI is InChI=1S/C13H13BrFNO2/c1-8-7-16(6-5-11(8)17)13(18)9-3-2-4-10(14)12(9)15/h2-4,8H,5-7H2,1H3. The molecular formula is C13H13BrFNO2. The van der Waals surface area contributed by atoms with Crippen molar-refractivity contribution in [2.45, 2.75) is 13.3 Å². The molecule has 96 valence electrons. The van der Waals surface area contributed by atoms with Gasteiger partial charge in [0.25, 0.3) is 5.91 Å². The van der Waals surface area contributed by atoms with E-state index in [0.717, 1.165) is 0 Å². The van der Waals surface area contributed by atoms with Crippen LogP contribution < -0.4 is 0 Å². The highest BCUT2D eigenvalue weighted by Crippen LogP contribution is 2.22. The minimum atomic E-state index is -0.549. The van der Waals surface area contributed by atoms with Crippen LogP contribution >= 0.6 is 15.9 Å². The maximum atomic E-state index is 13.8. The first-order valence-corrected chi connectivity index (χ1v) is 6.56. The molecule has 1 aliphatic rings. The summed E-state index contributed by atoms with van der Waals surface area (Å²) in [7, 11) is 0. The molecule has 1 aliphatic heterocycles. The van der Waals surface area contributed by atoms with E-state index >= 15 is 0 Å². The topological polar surface area (TPSA) is 37.4 Å². The van der Waals surface area contributed by atoms with Gasteiger partial charge in [0.2, 0.25) is 0 Å². The largest absolute Gasteiger partial charge is 0.337 e. The average Bonchev–Trinajstić information content (AvgIpc) is 2.35. The van der Waals surface area contributed by atoms with Crippen LogP contribution in [-0.2, 0) is 4.79 Å². The van der Waals surface area contributed by atoms with Gasteiger partial charge in [-0.15, -0.1) is 0 Å². The van der Waals surface area contributed by atoms with Gasteiger partial charge in [-0.25, -0.2) is 4.39 Å². The van der Waals surface area contributed by atoms with Crippen LogP contribution in [0.3, 0.4) is 0 Å². The third-order valence-electron chi connectivity index (χ3n) is 3.14. The van der Waals surface area contributed by atoms with Crippen molar-refractivity contribution in [1.29, 1.82) is 0 Å². The van der Waals surface area contributed by atoms with Crippen molar-refractivity contribution in [3.05, 3.63) is 34.1 Å². The fourth-order valence-electron chi connectivity index (χ4n) is 2.04. The number of benzene rings is 1. The molecule has 1 aromatic rings. The summed E-state index contributed by atoms with van der Waals surface area (Å²) in [6, 6.07) is 4.64. The molecule has 0 saturated carbocycles. The lowest BCUT2D eigenvalue weighted by atomic mass is 9.98. The lowest BCUT2D eigenvalue weighted by molar-refractivity contribution is -0.124. The van der Waals surface area contributed by atoms with Crippen molar-refractivity contribution < 1.29 is 14.0 Å². The molecule has 2 rings (SSSR count). The van der Waals surface area contributed by atoms with E-state index in [-0.39, 0.29) is 27.6 Å². The molecule has 0 aliphatic carbocycles. The van der Waals surface area contributed by atoms with Crippen LogP contribution in [0.5, 0.6) is 0 Å². The first-order valence-electron chi connectivity index (χ1n) is 5.76. The highest BCUT2D eigenvalue weighted by molar-refractivity contribution is 9.10. The zero-order valence-electron chi connectivity index (χ0n) is 9.95.